The van der Waals surface area contributed by atoms with Crippen LogP contribution in [0.25, 0.3) is 33.1 Å². The Balaban J connectivity index is 1.58. The Kier molecular flexibility index (Phi) is 4.08. The van der Waals surface area contributed by atoms with Gasteiger partial charge in [-0.05, 0) is 46.2 Å². The topological polar surface area (TPSA) is 67.7 Å². The molecule has 1 aliphatic rings. The van der Waals surface area contributed by atoms with E-state index in [1.54, 1.807) is 6.07 Å². The Morgan fingerprint density at radius 1 is 0.906 bits per heavy atom. The number of aromatic carboxylic acids is 1. The van der Waals surface area contributed by atoms with E-state index in [0.717, 1.165) is 44.2 Å². The zero-order chi connectivity index (χ0) is 21.7. The summed E-state index contributed by atoms with van der Waals surface area (Å²) < 4.78 is 7.71. The lowest BCUT2D eigenvalue weighted by Crippen LogP contribution is -2.00. The highest BCUT2D eigenvalue weighted by molar-refractivity contribution is 6.16. The number of furan rings is 1. The minimum absolute atomic E-state index is 0.0878. The maximum absolute atomic E-state index is 11.4. The number of carboxylic acids is 1. The molecule has 1 N–H and O–H groups in total. The lowest BCUT2D eigenvalue weighted by molar-refractivity contribution is 0.0662. The van der Waals surface area contributed by atoms with Crippen LogP contribution in [0.2, 0.25) is 0 Å². The number of allylic oxidation sites excluding steroid dienone is 1. The van der Waals surface area contributed by atoms with Gasteiger partial charge in [0.1, 0.15) is 0 Å². The van der Waals surface area contributed by atoms with Crippen LogP contribution in [0.4, 0.5) is 0 Å². The second kappa shape index (κ2) is 7.10. The average Bonchev–Trinajstić information content (AvgIpc) is 3.57. The molecule has 5 heteroatoms. The van der Waals surface area contributed by atoms with Gasteiger partial charge in [0.25, 0.3) is 0 Å². The summed E-state index contributed by atoms with van der Waals surface area (Å²) in [6, 6.07) is 27.8. The largest absolute Gasteiger partial charge is 0.475 e. The number of aromatic nitrogens is 1. The molecule has 0 fully saturated rings. The molecule has 5 aromatic rings. The summed E-state index contributed by atoms with van der Waals surface area (Å²) in [5, 5.41) is 12.7. The molecule has 0 saturated carbocycles. The van der Waals surface area contributed by atoms with Crippen LogP contribution in [0.15, 0.2) is 100 Å². The van der Waals surface area contributed by atoms with Crippen molar-refractivity contribution in [3.05, 3.63) is 108 Å². The second-order valence-electron chi connectivity index (χ2n) is 7.76. The standard InChI is InChI=1S/C27H18N2O3/c30-27(31)25-12-13-26(32-25)29-23-11-10-17-6-4-5-9-20(17)21(23)15-24(29)19-14-22(28-16-19)18-7-2-1-3-8-18/h1-15H,16H2,(H,30,31). The van der Waals surface area contributed by atoms with E-state index in [-0.39, 0.29) is 5.76 Å². The maximum Gasteiger partial charge on any atom is 0.371 e. The summed E-state index contributed by atoms with van der Waals surface area (Å²) in [6.07, 6.45) is 2.10. The van der Waals surface area contributed by atoms with Crippen molar-refractivity contribution in [3.8, 4) is 5.88 Å². The zero-order valence-electron chi connectivity index (χ0n) is 17.0. The fourth-order valence-corrected chi connectivity index (χ4v) is 4.36. The van der Waals surface area contributed by atoms with Gasteiger partial charge in [0.05, 0.1) is 23.5 Å². The zero-order valence-corrected chi connectivity index (χ0v) is 17.0. The van der Waals surface area contributed by atoms with E-state index in [1.807, 2.05) is 47.0 Å². The number of nitrogens with zero attached hydrogens (tertiary/aromatic N) is 2. The van der Waals surface area contributed by atoms with Gasteiger partial charge < -0.3 is 9.52 Å². The first-order valence-electron chi connectivity index (χ1n) is 10.4. The van der Waals surface area contributed by atoms with Gasteiger partial charge in [-0.1, -0.05) is 60.7 Å². The summed E-state index contributed by atoms with van der Waals surface area (Å²) in [4.78, 5) is 16.2. The number of hydrogen-bond donors (Lipinski definition) is 1. The summed E-state index contributed by atoms with van der Waals surface area (Å²) in [7, 11) is 0. The van der Waals surface area contributed by atoms with Crippen LogP contribution >= 0.6 is 0 Å². The Hall–Kier alpha value is -4.38. The SMILES string of the molecule is O=C(O)c1ccc(-n2c(C3=CC(c4ccccc4)=NC3)cc3c4ccccc4ccc32)o1. The molecule has 2 aromatic heterocycles. The Morgan fingerprint density at radius 2 is 1.72 bits per heavy atom. The second-order valence-corrected chi connectivity index (χ2v) is 7.76. The summed E-state index contributed by atoms with van der Waals surface area (Å²) in [5.41, 5.74) is 4.96. The number of carboxylic acid groups (broad SMARTS) is 1. The van der Waals surface area contributed by atoms with Crippen molar-refractivity contribution in [2.24, 2.45) is 4.99 Å². The quantitative estimate of drug-likeness (QED) is 0.391. The molecule has 3 heterocycles. The predicted octanol–water partition coefficient (Wildman–Crippen LogP) is 5.96. The number of benzene rings is 3. The van der Waals surface area contributed by atoms with E-state index in [0.29, 0.717) is 12.4 Å². The smallest absolute Gasteiger partial charge is 0.371 e. The molecule has 1 aliphatic heterocycles. The minimum Gasteiger partial charge on any atom is -0.475 e. The first kappa shape index (κ1) is 18.4. The van der Waals surface area contributed by atoms with Gasteiger partial charge >= 0.3 is 5.97 Å². The fraction of sp³-hybridized carbons (Fsp3) is 0.0370. The van der Waals surface area contributed by atoms with Crippen LogP contribution in [-0.2, 0) is 0 Å². The molecule has 0 spiro atoms. The summed E-state index contributed by atoms with van der Waals surface area (Å²) in [6.45, 7) is 0.547. The monoisotopic (exact) mass is 418 g/mol. The van der Waals surface area contributed by atoms with Crippen LogP contribution in [0.3, 0.4) is 0 Å². The Bertz CT molecular complexity index is 1570. The van der Waals surface area contributed by atoms with E-state index >= 15 is 0 Å². The number of hydrogen-bond acceptors (Lipinski definition) is 3. The van der Waals surface area contributed by atoms with Gasteiger partial charge in [0, 0.05) is 11.5 Å². The Labute approximate surface area is 183 Å². The highest BCUT2D eigenvalue weighted by Gasteiger charge is 2.21. The van der Waals surface area contributed by atoms with Gasteiger partial charge in [-0.2, -0.15) is 0 Å². The third kappa shape index (κ3) is 2.87. The lowest BCUT2D eigenvalue weighted by Gasteiger charge is -2.08. The molecule has 0 aliphatic carbocycles. The third-order valence-electron chi connectivity index (χ3n) is 5.86. The predicted molar refractivity (Wildman–Crippen MR) is 126 cm³/mol. The highest BCUT2D eigenvalue weighted by atomic mass is 16.4. The van der Waals surface area contributed by atoms with Crippen LogP contribution < -0.4 is 0 Å². The third-order valence-corrected chi connectivity index (χ3v) is 5.86. The van der Waals surface area contributed by atoms with Crippen molar-refractivity contribution in [3.63, 3.8) is 0 Å². The molecule has 32 heavy (non-hydrogen) atoms. The first-order chi connectivity index (χ1) is 15.7. The number of fused-ring (bicyclic) bond motifs is 3. The van der Waals surface area contributed by atoms with Crippen LogP contribution in [0.5, 0.6) is 0 Å². The molecule has 0 radical (unpaired) electrons. The molecule has 5 nitrogen and oxygen atoms in total. The van der Waals surface area contributed by atoms with E-state index in [4.69, 9.17) is 9.41 Å². The van der Waals surface area contributed by atoms with E-state index in [2.05, 4.69) is 36.4 Å². The van der Waals surface area contributed by atoms with Crippen molar-refractivity contribution < 1.29 is 14.3 Å². The van der Waals surface area contributed by atoms with Crippen LogP contribution in [0, 0.1) is 0 Å². The van der Waals surface area contributed by atoms with E-state index in [9.17, 15) is 9.90 Å². The van der Waals surface area contributed by atoms with Gasteiger partial charge in [0.15, 0.2) is 0 Å². The van der Waals surface area contributed by atoms with E-state index in [1.165, 1.54) is 6.07 Å². The molecule has 6 rings (SSSR count). The minimum atomic E-state index is -1.09. The van der Waals surface area contributed by atoms with Crippen molar-refractivity contribution in [1.82, 2.24) is 4.57 Å². The summed E-state index contributed by atoms with van der Waals surface area (Å²) in [5.74, 6) is -0.707. The molecule has 0 amide bonds. The van der Waals surface area contributed by atoms with Crippen molar-refractivity contribution in [2.45, 2.75) is 0 Å². The van der Waals surface area contributed by atoms with Crippen molar-refractivity contribution in [1.29, 1.82) is 0 Å². The van der Waals surface area contributed by atoms with Gasteiger partial charge in [-0.25, -0.2) is 4.79 Å². The van der Waals surface area contributed by atoms with E-state index < -0.39 is 5.97 Å². The first-order valence-corrected chi connectivity index (χ1v) is 10.4. The van der Waals surface area contributed by atoms with Crippen LogP contribution in [0.1, 0.15) is 21.8 Å². The average molecular weight is 418 g/mol. The van der Waals surface area contributed by atoms with Gasteiger partial charge in [-0.15, -0.1) is 0 Å². The molecule has 0 unspecified atom stereocenters. The molecule has 154 valence electrons. The fourth-order valence-electron chi connectivity index (χ4n) is 4.36. The number of rotatable bonds is 4. The lowest BCUT2D eigenvalue weighted by atomic mass is 10.1. The normalized spacial score (nSPS) is 13.5. The molecule has 0 atom stereocenters. The molecular weight excluding hydrogens is 400 g/mol. The molecule has 0 bridgehead atoms. The highest BCUT2D eigenvalue weighted by Crippen LogP contribution is 2.35. The van der Waals surface area contributed by atoms with Gasteiger partial charge in [-0.3, -0.25) is 9.56 Å². The number of carbonyl (C=O) groups is 1. The maximum atomic E-state index is 11.4. The van der Waals surface area contributed by atoms with Crippen LogP contribution in [-0.4, -0.2) is 27.9 Å². The molecule has 0 saturated heterocycles. The molecule has 3 aromatic carbocycles. The van der Waals surface area contributed by atoms with Gasteiger partial charge in [0.2, 0.25) is 11.6 Å². The Morgan fingerprint density at radius 3 is 2.53 bits per heavy atom. The molecular formula is C27H18N2O3. The summed E-state index contributed by atoms with van der Waals surface area (Å²) >= 11 is 0. The van der Waals surface area contributed by atoms with Crippen molar-refractivity contribution >= 4 is 38.9 Å². The number of aliphatic imine (C=N–C) groups is 1. The van der Waals surface area contributed by atoms with Crippen molar-refractivity contribution in [2.75, 3.05) is 6.54 Å².